The van der Waals surface area contributed by atoms with Gasteiger partial charge in [0.05, 0.1) is 6.10 Å². The number of benzene rings is 2. The maximum Gasteiger partial charge on any atom is 0.0830 e. The van der Waals surface area contributed by atoms with Gasteiger partial charge in [-0.1, -0.05) is 84.0 Å². The molecular weight excluding hydrogens is 304 g/mol. The molecule has 0 bridgehead atoms. The van der Waals surface area contributed by atoms with Crippen LogP contribution in [0.25, 0.3) is 11.1 Å². The highest BCUT2D eigenvalue weighted by Crippen LogP contribution is 2.46. The van der Waals surface area contributed by atoms with Crippen LogP contribution in [-0.2, 0) is 11.8 Å². The van der Waals surface area contributed by atoms with E-state index in [9.17, 15) is 5.11 Å². The molecule has 0 amide bonds. The molecule has 0 spiro atoms. The van der Waals surface area contributed by atoms with Crippen LogP contribution in [0.15, 0.2) is 42.5 Å². The summed E-state index contributed by atoms with van der Waals surface area (Å²) in [5.74, 6) is 0.324. The van der Waals surface area contributed by atoms with Crippen LogP contribution in [0.5, 0.6) is 0 Å². The quantitative estimate of drug-likeness (QED) is 0.683. The number of rotatable bonds is 2. The fourth-order valence-electron chi connectivity index (χ4n) is 4.14. The lowest BCUT2D eigenvalue weighted by Crippen LogP contribution is -2.17. The van der Waals surface area contributed by atoms with Crippen molar-refractivity contribution >= 4 is 0 Å². The molecule has 25 heavy (non-hydrogen) atoms. The first kappa shape index (κ1) is 18.2. The third-order valence-electron chi connectivity index (χ3n) is 5.36. The highest BCUT2D eigenvalue weighted by Gasteiger charge is 2.35. The highest BCUT2D eigenvalue weighted by atomic mass is 16.3. The van der Waals surface area contributed by atoms with Gasteiger partial charge in [0.25, 0.3) is 0 Å². The summed E-state index contributed by atoms with van der Waals surface area (Å²) in [5.41, 5.74) is 6.62. The Morgan fingerprint density at radius 1 is 0.920 bits per heavy atom. The van der Waals surface area contributed by atoms with Crippen molar-refractivity contribution in [1.29, 1.82) is 0 Å². The van der Waals surface area contributed by atoms with Crippen LogP contribution in [0.3, 0.4) is 0 Å². The summed E-state index contributed by atoms with van der Waals surface area (Å²) in [6.45, 7) is 13.5. The molecule has 2 aromatic rings. The van der Waals surface area contributed by atoms with Gasteiger partial charge in [-0.25, -0.2) is 0 Å². The SMILES string of the molecule is CC(C)(C)CC1Cc2cccc(-c3ccc(C(C)(C)C)cc3)c2C1O. The monoisotopic (exact) mass is 336 g/mol. The predicted octanol–water partition coefficient (Wildman–Crippen LogP) is 6.29. The molecule has 1 N–H and O–H groups in total. The van der Waals surface area contributed by atoms with E-state index in [1.807, 2.05) is 0 Å². The molecule has 1 heteroatoms. The van der Waals surface area contributed by atoms with Gasteiger partial charge in [-0.05, 0) is 57.4 Å². The minimum absolute atomic E-state index is 0.161. The zero-order valence-corrected chi connectivity index (χ0v) is 16.6. The Hall–Kier alpha value is -1.60. The summed E-state index contributed by atoms with van der Waals surface area (Å²) in [7, 11) is 0. The van der Waals surface area contributed by atoms with Crippen LogP contribution in [0.4, 0.5) is 0 Å². The van der Waals surface area contributed by atoms with Gasteiger partial charge in [0.2, 0.25) is 0 Å². The van der Waals surface area contributed by atoms with Crippen molar-refractivity contribution in [2.24, 2.45) is 11.3 Å². The second-order valence-electron chi connectivity index (χ2n) is 9.88. The molecule has 0 saturated heterocycles. The van der Waals surface area contributed by atoms with Crippen LogP contribution in [0.1, 0.15) is 70.8 Å². The van der Waals surface area contributed by atoms with Crippen molar-refractivity contribution in [2.45, 2.75) is 65.9 Å². The van der Waals surface area contributed by atoms with Crippen molar-refractivity contribution in [3.8, 4) is 11.1 Å². The van der Waals surface area contributed by atoms with E-state index in [0.717, 1.165) is 18.4 Å². The Bertz CT molecular complexity index is 741. The summed E-state index contributed by atoms with van der Waals surface area (Å²) in [6, 6.07) is 15.4. The number of aliphatic hydroxyl groups excluding tert-OH is 1. The minimum atomic E-state index is -0.354. The summed E-state index contributed by atoms with van der Waals surface area (Å²) in [5, 5.41) is 11.0. The third-order valence-corrected chi connectivity index (χ3v) is 5.36. The Morgan fingerprint density at radius 2 is 1.56 bits per heavy atom. The Balaban J connectivity index is 1.96. The van der Waals surface area contributed by atoms with Gasteiger partial charge < -0.3 is 5.11 Å². The molecule has 1 aliphatic carbocycles. The molecule has 0 heterocycles. The smallest absolute Gasteiger partial charge is 0.0830 e. The van der Waals surface area contributed by atoms with Crippen LogP contribution in [0, 0.1) is 11.3 Å². The molecule has 0 aliphatic heterocycles. The predicted molar refractivity (Wildman–Crippen MR) is 107 cm³/mol. The van der Waals surface area contributed by atoms with E-state index >= 15 is 0 Å². The van der Waals surface area contributed by atoms with Crippen molar-refractivity contribution in [1.82, 2.24) is 0 Å². The molecular formula is C24H32O. The Kier molecular flexibility index (Phi) is 4.58. The number of fused-ring (bicyclic) bond motifs is 1. The number of hydrogen-bond donors (Lipinski definition) is 1. The molecule has 0 fully saturated rings. The zero-order valence-electron chi connectivity index (χ0n) is 16.6. The first-order chi connectivity index (χ1) is 11.6. The van der Waals surface area contributed by atoms with E-state index in [0.29, 0.717) is 5.92 Å². The molecule has 1 aliphatic rings. The molecule has 1 nitrogen and oxygen atoms in total. The lowest BCUT2D eigenvalue weighted by atomic mass is 9.82. The molecule has 2 aromatic carbocycles. The summed E-state index contributed by atoms with van der Waals surface area (Å²) in [6.07, 6.45) is 1.68. The van der Waals surface area contributed by atoms with E-state index in [-0.39, 0.29) is 16.9 Å². The Labute approximate surface area is 153 Å². The zero-order chi connectivity index (χ0) is 18.4. The molecule has 2 unspecified atom stereocenters. The van der Waals surface area contributed by atoms with Crippen LogP contribution >= 0.6 is 0 Å². The average Bonchev–Trinajstić information content (AvgIpc) is 2.81. The fourth-order valence-corrected chi connectivity index (χ4v) is 4.14. The van der Waals surface area contributed by atoms with Gasteiger partial charge >= 0.3 is 0 Å². The number of aliphatic hydroxyl groups is 1. The van der Waals surface area contributed by atoms with Crippen molar-refractivity contribution < 1.29 is 5.11 Å². The van der Waals surface area contributed by atoms with E-state index in [2.05, 4.69) is 84.0 Å². The Morgan fingerprint density at radius 3 is 2.12 bits per heavy atom. The lowest BCUT2D eigenvalue weighted by molar-refractivity contribution is 0.0960. The molecule has 0 radical (unpaired) electrons. The van der Waals surface area contributed by atoms with Crippen LogP contribution < -0.4 is 0 Å². The van der Waals surface area contributed by atoms with Gasteiger partial charge in [0.15, 0.2) is 0 Å². The summed E-state index contributed by atoms with van der Waals surface area (Å²) in [4.78, 5) is 0. The molecule has 0 aromatic heterocycles. The van der Waals surface area contributed by atoms with E-state index < -0.39 is 0 Å². The maximum absolute atomic E-state index is 11.0. The minimum Gasteiger partial charge on any atom is -0.388 e. The van der Waals surface area contributed by atoms with Gasteiger partial charge in [-0.2, -0.15) is 0 Å². The molecule has 134 valence electrons. The fraction of sp³-hybridized carbons (Fsp3) is 0.500. The molecule has 3 rings (SSSR count). The summed E-state index contributed by atoms with van der Waals surface area (Å²) >= 11 is 0. The van der Waals surface area contributed by atoms with Gasteiger partial charge in [0, 0.05) is 0 Å². The van der Waals surface area contributed by atoms with Crippen molar-refractivity contribution in [3.05, 3.63) is 59.2 Å². The first-order valence-corrected chi connectivity index (χ1v) is 9.47. The van der Waals surface area contributed by atoms with Crippen molar-refractivity contribution in [3.63, 3.8) is 0 Å². The topological polar surface area (TPSA) is 20.2 Å². The van der Waals surface area contributed by atoms with E-state index in [1.165, 1.54) is 22.3 Å². The largest absolute Gasteiger partial charge is 0.388 e. The van der Waals surface area contributed by atoms with E-state index in [4.69, 9.17) is 0 Å². The van der Waals surface area contributed by atoms with E-state index in [1.54, 1.807) is 0 Å². The van der Waals surface area contributed by atoms with Crippen LogP contribution in [-0.4, -0.2) is 5.11 Å². The lowest BCUT2D eigenvalue weighted by Gasteiger charge is -2.25. The first-order valence-electron chi connectivity index (χ1n) is 9.47. The maximum atomic E-state index is 11.0. The second-order valence-corrected chi connectivity index (χ2v) is 9.88. The normalized spacial score (nSPS) is 20.6. The van der Waals surface area contributed by atoms with Gasteiger partial charge in [0.1, 0.15) is 0 Å². The molecule has 2 atom stereocenters. The summed E-state index contributed by atoms with van der Waals surface area (Å²) < 4.78 is 0. The average molecular weight is 337 g/mol. The highest BCUT2D eigenvalue weighted by molar-refractivity contribution is 5.70. The van der Waals surface area contributed by atoms with Crippen molar-refractivity contribution in [2.75, 3.05) is 0 Å². The third kappa shape index (κ3) is 3.82. The second kappa shape index (κ2) is 6.29. The number of hydrogen-bond acceptors (Lipinski definition) is 1. The van der Waals surface area contributed by atoms with Gasteiger partial charge in [-0.3, -0.25) is 0 Å². The van der Waals surface area contributed by atoms with Crippen LogP contribution in [0.2, 0.25) is 0 Å². The standard InChI is InChI=1S/C24H32O/c1-23(2,3)15-18-14-17-8-7-9-20(21(17)22(18)25)16-10-12-19(13-11-16)24(4,5)6/h7-13,18,22,25H,14-15H2,1-6H3. The van der Waals surface area contributed by atoms with Gasteiger partial charge in [-0.15, -0.1) is 0 Å². The molecule has 0 saturated carbocycles.